The third-order valence-electron chi connectivity index (χ3n) is 4.77. The minimum absolute atomic E-state index is 0.0280. The van der Waals surface area contributed by atoms with E-state index in [-0.39, 0.29) is 16.5 Å². The average Bonchev–Trinajstić information content (AvgIpc) is 3.16. The van der Waals surface area contributed by atoms with Crippen molar-refractivity contribution in [3.05, 3.63) is 58.6 Å². The number of anilines is 1. The molecule has 0 aliphatic carbocycles. The second-order valence-electron chi connectivity index (χ2n) is 7.36. The number of carbonyl (C=O) groups is 1. The molecule has 170 valence electrons. The summed E-state index contributed by atoms with van der Waals surface area (Å²) in [5.74, 6) is 0.552. The summed E-state index contributed by atoms with van der Waals surface area (Å²) in [7, 11) is 0. The average molecular weight is 483 g/mol. The van der Waals surface area contributed by atoms with Crippen molar-refractivity contribution in [2.24, 2.45) is 0 Å². The number of carbonyl (C=O) groups excluding carboxylic acids is 1. The summed E-state index contributed by atoms with van der Waals surface area (Å²) in [4.78, 5) is 12.3. The van der Waals surface area contributed by atoms with Gasteiger partial charge in [0.05, 0.1) is 22.0 Å². The van der Waals surface area contributed by atoms with Crippen molar-refractivity contribution in [3.63, 3.8) is 0 Å². The number of thioether (sulfide) groups is 1. The van der Waals surface area contributed by atoms with Crippen LogP contribution in [0.4, 0.5) is 18.9 Å². The molecule has 1 heterocycles. The predicted molar refractivity (Wildman–Crippen MR) is 121 cm³/mol. The summed E-state index contributed by atoms with van der Waals surface area (Å²) in [6.45, 7) is 6.78. The first-order valence-corrected chi connectivity index (χ1v) is 11.3. The van der Waals surface area contributed by atoms with Gasteiger partial charge in [0.15, 0.2) is 11.0 Å². The quantitative estimate of drug-likeness (QED) is 0.391. The third-order valence-corrected chi connectivity index (χ3v) is 6.07. The monoisotopic (exact) mass is 482 g/mol. The van der Waals surface area contributed by atoms with Gasteiger partial charge in [0.1, 0.15) is 0 Å². The van der Waals surface area contributed by atoms with Gasteiger partial charge in [-0.2, -0.15) is 13.2 Å². The molecule has 1 N–H and O–H groups in total. The summed E-state index contributed by atoms with van der Waals surface area (Å²) in [5, 5.41) is 11.5. The number of benzene rings is 2. The lowest BCUT2D eigenvalue weighted by atomic mass is 10.0. The molecular weight excluding hydrogens is 461 g/mol. The fourth-order valence-electron chi connectivity index (χ4n) is 3.02. The van der Waals surface area contributed by atoms with Gasteiger partial charge in [-0.05, 0) is 36.6 Å². The predicted octanol–water partition coefficient (Wildman–Crippen LogP) is 6.49. The second-order valence-corrected chi connectivity index (χ2v) is 8.71. The van der Waals surface area contributed by atoms with Gasteiger partial charge in [0.2, 0.25) is 5.91 Å². The van der Waals surface area contributed by atoms with E-state index >= 15 is 0 Å². The molecule has 5 nitrogen and oxygen atoms in total. The molecule has 3 rings (SSSR count). The summed E-state index contributed by atoms with van der Waals surface area (Å²) in [6, 6.07) is 10.9. The highest BCUT2D eigenvalue weighted by Crippen LogP contribution is 2.34. The van der Waals surface area contributed by atoms with E-state index in [1.165, 1.54) is 5.56 Å². The van der Waals surface area contributed by atoms with Gasteiger partial charge < -0.3 is 9.88 Å². The fourth-order valence-corrected chi connectivity index (χ4v) is 3.99. The van der Waals surface area contributed by atoms with E-state index in [1.807, 2.05) is 35.8 Å². The Hall–Kier alpha value is -2.52. The Labute approximate surface area is 193 Å². The third kappa shape index (κ3) is 5.63. The number of amides is 1. The normalized spacial score (nSPS) is 11.8. The zero-order valence-electron chi connectivity index (χ0n) is 17.7. The summed E-state index contributed by atoms with van der Waals surface area (Å²) in [6.07, 6.45) is -4.53. The zero-order valence-corrected chi connectivity index (χ0v) is 19.3. The van der Waals surface area contributed by atoms with Crippen molar-refractivity contribution < 1.29 is 18.0 Å². The maximum atomic E-state index is 12.9. The van der Waals surface area contributed by atoms with Crippen molar-refractivity contribution in [2.75, 3.05) is 11.1 Å². The molecule has 2 aromatic carbocycles. The first-order chi connectivity index (χ1) is 15.1. The van der Waals surface area contributed by atoms with Crippen LogP contribution in [0.25, 0.3) is 11.4 Å². The minimum atomic E-state index is -4.53. The molecule has 0 aliphatic rings. The van der Waals surface area contributed by atoms with Crippen LogP contribution in [-0.4, -0.2) is 26.4 Å². The smallest absolute Gasteiger partial charge is 0.324 e. The van der Waals surface area contributed by atoms with Gasteiger partial charge in [-0.15, -0.1) is 10.2 Å². The van der Waals surface area contributed by atoms with Gasteiger partial charge >= 0.3 is 6.18 Å². The maximum Gasteiger partial charge on any atom is 0.416 e. The molecule has 0 fully saturated rings. The Balaban J connectivity index is 1.70. The van der Waals surface area contributed by atoms with Crippen LogP contribution in [-0.2, 0) is 17.5 Å². The second kappa shape index (κ2) is 9.95. The molecule has 0 bridgehead atoms. The SMILES string of the molecule is CCn1c(SCC(=O)Nc2cc(C(F)(F)F)ccc2Cl)nnc1-c1ccc(C(C)C)cc1. The highest BCUT2D eigenvalue weighted by atomic mass is 35.5. The summed E-state index contributed by atoms with van der Waals surface area (Å²) < 4.78 is 40.6. The van der Waals surface area contributed by atoms with E-state index < -0.39 is 17.6 Å². The van der Waals surface area contributed by atoms with Gasteiger partial charge in [0.25, 0.3) is 0 Å². The number of hydrogen-bond acceptors (Lipinski definition) is 4. The van der Waals surface area contributed by atoms with E-state index in [9.17, 15) is 18.0 Å². The molecule has 32 heavy (non-hydrogen) atoms. The van der Waals surface area contributed by atoms with Crippen molar-refractivity contribution in [1.29, 1.82) is 0 Å². The van der Waals surface area contributed by atoms with Gasteiger partial charge in [-0.1, -0.05) is 61.5 Å². The molecule has 0 saturated carbocycles. The van der Waals surface area contributed by atoms with Crippen molar-refractivity contribution in [1.82, 2.24) is 14.8 Å². The van der Waals surface area contributed by atoms with E-state index in [2.05, 4.69) is 29.4 Å². The number of nitrogens with one attached hydrogen (secondary N) is 1. The highest BCUT2D eigenvalue weighted by Gasteiger charge is 2.31. The lowest BCUT2D eigenvalue weighted by Gasteiger charge is -2.12. The number of rotatable bonds is 7. The first kappa shape index (κ1) is 24.1. The Morgan fingerprint density at radius 2 is 1.84 bits per heavy atom. The maximum absolute atomic E-state index is 12.9. The topological polar surface area (TPSA) is 59.8 Å². The lowest BCUT2D eigenvalue weighted by molar-refractivity contribution is -0.137. The molecular formula is C22H22ClF3N4OS. The van der Waals surface area contributed by atoms with Crippen LogP contribution in [0, 0.1) is 0 Å². The minimum Gasteiger partial charge on any atom is -0.324 e. The summed E-state index contributed by atoms with van der Waals surface area (Å²) in [5.41, 5.74) is 1.16. The van der Waals surface area contributed by atoms with Crippen LogP contribution < -0.4 is 5.32 Å². The highest BCUT2D eigenvalue weighted by molar-refractivity contribution is 7.99. The number of hydrogen-bond donors (Lipinski definition) is 1. The van der Waals surface area contributed by atoms with Gasteiger partial charge in [0, 0.05) is 12.1 Å². The van der Waals surface area contributed by atoms with Crippen LogP contribution >= 0.6 is 23.4 Å². The van der Waals surface area contributed by atoms with Crippen LogP contribution in [0.3, 0.4) is 0 Å². The molecule has 0 saturated heterocycles. The fraction of sp³-hybridized carbons (Fsp3) is 0.318. The molecule has 0 aliphatic heterocycles. The molecule has 0 atom stereocenters. The van der Waals surface area contributed by atoms with Crippen LogP contribution in [0.1, 0.15) is 37.8 Å². The molecule has 3 aromatic rings. The van der Waals surface area contributed by atoms with Crippen LogP contribution in [0.15, 0.2) is 47.6 Å². The lowest BCUT2D eigenvalue weighted by Crippen LogP contribution is -2.16. The Kier molecular flexibility index (Phi) is 7.51. The van der Waals surface area contributed by atoms with Gasteiger partial charge in [-0.3, -0.25) is 4.79 Å². The molecule has 0 spiro atoms. The Bertz CT molecular complexity index is 1100. The van der Waals surface area contributed by atoms with Crippen molar-refractivity contribution in [2.45, 2.75) is 44.6 Å². The number of halogens is 4. The molecule has 10 heteroatoms. The number of aromatic nitrogens is 3. The largest absolute Gasteiger partial charge is 0.416 e. The molecule has 0 radical (unpaired) electrons. The van der Waals surface area contributed by atoms with Gasteiger partial charge in [-0.25, -0.2) is 0 Å². The molecule has 0 unspecified atom stereocenters. The van der Waals surface area contributed by atoms with Crippen LogP contribution in [0.5, 0.6) is 0 Å². The van der Waals surface area contributed by atoms with E-state index in [0.29, 0.717) is 23.4 Å². The Morgan fingerprint density at radius 1 is 1.16 bits per heavy atom. The summed E-state index contributed by atoms with van der Waals surface area (Å²) >= 11 is 7.09. The van der Waals surface area contributed by atoms with E-state index in [0.717, 1.165) is 35.5 Å². The van der Waals surface area contributed by atoms with Crippen molar-refractivity contribution in [3.8, 4) is 11.4 Å². The standard InChI is InChI=1S/C22H22ClF3N4OS/c1-4-30-20(15-7-5-14(6-8-15)13(2)3)28-29-21(30)32-12-19(31)27-18-11-16(22(24,25)26)9-10-17(18)23/h5-11,13H,4,12H2,1-3H3,(H,27,31). The van der Waals surface area contributed by atoms with E-state index in [4.69, 9.17) is 11.6 Å². The van der Waals surface area contributed by atoms with E-state index in [1.54, 1.807) is 0 Å². The Morgan fingerprint density at radius 3 is 2.44 bits per heavy atom. The zero-order chi connectivity index (χ0) is 23.5. The number of alkyl halides is 3. The molecule has 1 amide bonds. The first-order valence-electron chi connectivity index (χ1n) is 9.93. The molecule has 1 aromatic heterocycles. The number of nitrogens with zero attached hydrogens (tertiary/aromatic N) is 3. The van der Waals surface area contributed by atoms with Crippen molar-refractivity contribution >= 4 is 35.0 Å². The van der Waals surface area contributed by atoms with Crippen LogP contribution in [0.2, 0.25) is 5.02 Å².